The molecule has 0 rings (SSSR count). The molecule has 0 spiro atoms. The van der Waals surface area contributed by atoms with Crippen molar-refractivity contribution in [3.05, 3.63) is 12.2 Å². The highest BCUT2D eigenvalue weighted by Crippen LogP contribution is 2.17. The highest BCUT2D eigenvalue weighted by Gasteiger charge is 2.26. The van der Waals surface area contributed by atoms with E-state index >= 15 is 0 Å². The van der Waals surface area contributed by atoms with E-state index in [2.05, 4.69) is 32.6 Å². The zero-order chi connectivity index (χ0) is 12.1. The summed E-state index contributed by atoms with van der Waals surface area (Å²) in [6.07, 6.45) is 2.92. The van der Waals surface area contributed by atoms with Gasteiger partial charge in [-0.1, -0.05) is 13.0 Å². The summed E-state index contributed by atoms with van der Waals surface area (Å²) in [5.41, 5.74) is 0.00434. The molecule has 0 aromatic carbocycles. The number of rotatable bonds is 4. The smallest absolute Gasteiger partial charge is 0.331 e. The quantitative estimate of drug-likeness (QED) is 0.408. The lowest BCUT2D eigenvalue weighted by molar-refractivity contribution is -0.156. The fraction of sp³-hybridized carbons (Fsp3) is 0.750. The second kappa shape index (κ2) is 5.91. The van der Waals surface area contributed by atoms with Gasteiger partial charge < -0.3 is 4.74 Å². The second-order valence-electron chi connectivity index (χ2n) is 4.49. The van der Waals surface area contributed by atoms with Crippen LogP contribution < -0.4 is 0 Å². The fourth-order valence-corrected chi connectivity index (χ4v) is 1.68. The van der Waals surface area contributed by atoms with Crippen molar-refractivity contribution in [1.29, 1.82) is 0 Å². The van der Waals surface area contributed by atoms with Gasteiger partial charge in [0.1, 0.15) is 0 Å². The van der Waals surface area contributed by atoms with Gasteiger partial charge in [-0.15, -0.1) is 0 Å². The number of carbonyl (C=O) groups is 1. The Bertz CT molecular complexity index is 228. The normalized spacial score (nSPS) is 14.6. The fourth-order valence-electron chi connectivity index (χ4n) is 1.68. The number of hydrogen-bond acceptors (Lipinski definition) is 3. The average molecular weight is 213 g/mol. The van der Waals surface area contributed by atoms with Crippen molar-refractivity contribution >= 4 is 5.97 Å². The molecule has 0 radical (unpaired) electrons. The zero-order valence-corrected chi connectivity index (χ0v) is 10.7. The monoisotopic (exact) mass is 213 g/mol. The number of ether oxygens (including phenoxy) is 1. The Kier molecular flexibility index (Phi) is 5.58. The molecule has 3 heteroatoms. The zero-order valence-electron chi connectivity index (χ0n) is 10.7. The Labute approximate surface area is 93.1 Å². The van der Waals surface area contributed by atoms with E-state index in [1.165, 1.54) is 6.08 Å². The first-order valence-corrected chi connectivity index (χ1v) is 5.43. The number of allylic oxidation sites excluding steroid dienone is 1. The van der Waals surface area contributed by atoms with Crippen molar-refractivity contribution < 1.29 is 9.53 Å². The van der Waals surface area contributed by atoms with Gasteiger partial charge in [-0.25, -0.2) is 4.79 Å². The second-order valence-corrected chi connectivity index (χ2v) is 4.49. The lowest BCUT2D eigenvalue weighted by Gasteiger charge is -2.38. The van der Waals surface area contributed by atoms with Crippen LogP contribution in [0.1, 0.15) is 41.5 Å². The van der Waals surface area contributed by atoms with Gasteiger partial charge in [0.15, 0.2) is 6.23 Å². The molecule has 0 aliphatic heterocycles. The van der Waals surface area contributed by atoms with Crippen LogP contribution in [-0.2, 0) is 9.53 Å². The molecule has 15 heavy (non-hydrogen) atoms. The van der Waals surface area contributed by atoms with Gasteiger partial charge in [-0.2, -0.15) is 0 Å². The standard InChI is InChI=1S/C12H23NO2/c1-7-9-11(14)15-10(3)13(8-2)12(4,5)6/h7,9-10H,8H2,1-6H3/b9-7+. The van der Waals surface area contributed by atoms with E-state index in [0.29, 0.717) is 0 Å². The largest absolute Gasteiger partial charge is 0.443 e. The molecule has 0 heterocycles. The molecule has 0 bridgehead atoms. The third kappa shape index (κ3) is 4.98. The molecule has 0 aliphatic rings. The predicted octanol–water partition coefficient (Wildman–Crippen LogP) is 2.57. The van der Waals surface area contributed by atoms with Crippen molar-refractivity contribution in [3.8, 4) is 0 Å². The van der Waals surface area contributed by atoms with Gasteiger partial charge in [-0.3, -0.25) is 4.90 Å². The minimum atomic E-state index is -0.285. The summed E-state index contributed by atoms with van der Waals surface area (Å²) in [6.45, 7) is 12.9. The third-order valence-corrected chi connectivity index (χ3v) is 2.23. The Morgan fingerprint density at radius 2 is 2.00 bits per heavy atom. The molecule has 0 aromatic rings. The van der Waals surface area contributed by atoms with Crippen LogP contribution in [0.2, 0.25) is 0 Å². The lowest BCUT2D eigenvalue weighted by atomic mass is 10.1. The number of hydrogen-bond donors (Lipinski definition) is 0. The van der Waals surface area contributed by atoms with Crippen molar-refractivity contribution in [2.75, 3.05) is 6.54 Å². The van der Waals surface area contributed by atoms with Crippen molar-refractivity contribution in [1.82, 2.24) is 4.90 Å². The van der Waals surface area contributed by atoms with Crippen LogP contribution in [-0.4, -0.2) is 29.2 Å². The summed E-state index contributed by atoms with van der Waals surface area (Å²) in [6, 6.07) is 0. The average Bonchev–Trinajstić information content (AvgIpc) is 2.02. The van der Waals surface area contributed by atoms with Crippen LogP contribution in [0.15, 0.2) is 12.2 Å². The Morgan fingerprint density at radius 1 is 1.47 bits per heavy atom. The van der Waals surface area contributed by atoms with E-state index in [-0.39, 0.29) is 17.7 Å². The molecule has 0 aliphatic carbocycles. The number of carbonyl (C=O) groups excluding carboxylic acids is 1. The molecule has 1 unspecified atom stereocenters. The van der Waals surface area contributed by atoms with Crippen LogP contribution in [0.3, 0.4) is 0 Å². The summed E-state index contributed by atoms with van der Waals surface area (Å²) in [5, 5.41) is 0. The van der Waals surface area contributed by atoms with Crippen LogP contribution >= 0.6 is 0 Å². The minimum Gasteiger partial charge on any atom is -0.443 e. The van der Waals surface area contributed by atoms with Crippen LogP contribution in [0.25, 0.3) is 0 Å². The molecule has 0 saturated heterocycles. The van der Waals surface area contributed by atoms with Gasteiger partial charge in [0.2, 0.25) is 0 Å². The van der Waals surface area contributed by atoms with Crippen LogP contribution in [0.4, 0.5) is 0 Å². The van der Waals surface area contributed by atoms with E-state index in [1.807, 2.05) is 6.92 Å². The summed E-state index contributed by atoms with van der Waals surface area (Å²) in [4.78, 5) is 13.4. The summed E-state index contributed by atoms with van der Waals surface area (Å²) in [5.74, 6) is -0.285. The first-order chi connectivity index (χ1) is 6.82. The molecule has 88 valence electrons. The van der Waals surface area contributed by atoms with E-state index in [9.17, 15) is 4.79 Å². The molecule has 0 aromatic heterocycles. The predicted molar refractivity (Wildman–Crippen MR) is 62.5 cm³/mol. The SMILES string of the molecule is C/C=C/C(=O)OC(C)N(CC)C(C)(C)C. The molecule has 0 saturated carbocycles. The summed E-state index contributed by atoms with van der Waals surface area (Å²) < 4.78 is 5.27. The highest BCUT2D eigenvalue weighted by molar-refractivity contribution is 5.81. The summed E-state index contributed by atoms with van der Waals surface area (Å²) in [7, 11) is 0. The van der Waals surface area contributed by atoms with Gasteiger partial charge in [0.25, 0.3) is 0 Å². The molecule has 0 N–H and O–H groups in total. The maximum absolute atomic E-state index is 11.3. The van der Waals surface area contributed by atoms with Crippen LogP contribution in [0, 0.1) is 0 Å². The van der Waals surface area contributed by atoms with E-state index < -0.39 is 0 Å². The highest BCUT2D eigenvalue weighted by atomic mass is 16.6. The van der Waals surface area contributed by atoms with Gasteiger partial charge in [0.05, 0.1) is 0 Å². The third-order valence-electron chi connectivity index (χ3n) is 2.23. The molecule has 3 nitrogen and oxygen atoms in total. The van der Waals surface area contributed by atoms with Crippen molar-refractivity contribution in [3.63, 3.8) is 0 Å². The van der Waals surface area contributed by atoms with E-state index in [1.54, 1.807) is 13.0 Å². The van der Waals surface area contributed by atoms with Crippen molar-refractivity contribution in [2.45, 2.75) is 53.3 Å². The summed E-state index contributed by atoms with van der Waals surface area (Å²) >= 11 is 0. The molecule has 0 amide bonds. The molecule has 1 atom stereocenters. The Morgan fingerprint density at radius 3 is 2.33 bits per heavy atom. The minimum absolute atomic E-state index is 0.00434. The lowest BCUT2D eigenvalue weighted by Crippen LogP contribution is -2.48. The van der Waals surface area contributed by atoms with Crippen LogP contribution in [0.5, 0.6) is 0 Å². The Hall–Kier alpha value is -0.830. The first kappa shape index (κ1) is 14.2. The molecular formula is C12H23NO2. The van der Waals surface area contributed by atoms with Crippen molar-refractivity contribution in [2.24, 2.45) is 0 Å². The number of nitrogens with zero attached hydrogens (tertiary/aromatic N) is 1. The topological polar surface area (TPSA) is 29.5 Å². The van der Waals surface area contributed by atoms with Gasteiger partial charge in [-0.05, 0) is 41.2 Å². The van der Waals surface area contributed by atoms with Gasteiger partial charge in [0, 0.05) is 11.6 Å². The maximum Gasteiger partial charge on any atom is 0.331 e. The van der Waals surface area contributed by atoms with Gasteiger partial charge >= 0.3 is 5.97 Å². The maximum atomic E-state index is 11.3. The molecular weight excluding hydrogens is 190 g/mol. The Balaban J connectivity index is 4.41. The van der Waals surface area contributed by atoms with E-state index in [4.69, 9.17) is 4.74 Å². The number of esters is 1. The van der Waals surface area contributed by atoms with E-state index in [0.717, 1.165) is 6.54 Å². The first-order valence-electron chi connectivity index (χ1n) is 5.43. The molecule has 0 fully saturated rings.